The second-order valence-electron chi connectivity index (χ2n) is 4.04. The molecule has 0 aliphatic carbocycles. The summed E-state index contributed by atoms with van der Waals surface area (Å²) in [6.07, 6.45) is 3.02. The van der Waals surface area contributed by atoms with Gasteiger partial charge in [-0.15, -0.1) is 0 Å². The fourth-order valence-electron chi connectivity index (χ4n) is 1.02. The number of hydrogen-bond donors (Lipinski definition) is 2. The summed E-state index contributed by atoms with van der Waals surface area (Å²) in [6.45, 7) is 6.20. The third kappa shape index (κ3) is 2.77. The van der Waals surface area contributed by atoms with E-state index < -0.39 is 0 Å². The van der Waals surface area contributed by atoms with E-state index in [1.807, 2.05) is 13.8 Å². The quantitative estimate of drug-likeness (QED) is 0.603. The van der Waals surface area contributed by atoms with Gasteiger partial charge in [0, 0.05) is 5.54 Å². The van der Waals surface area contributed by atoms with Crippen LogP contribution in [0.25, 0.3) is 0 Å². The summed E-state index contributed by atoms with van der Waals surface area (Å²) < 4.78 is 0. The van der Waals surface area contributed by atoms with Crippen LogP contribution in [0.1, 0.15) is 40.0 Å². The van der Waals surface area contributed by atoms with Crippen molar-refractivity contribution in [2.75, 3.05) is 0 Å². The topological polar surface area (TPSA) is 60.5 Å². The summed E-state index contributed by atoms with van der Waals surface area (Å²) in [5.41, 5.74) is 8.65. The van der Waals surface area contributed by atoms with Crippen molar-refractivity contribution in [3.63, 3.8) is 0 Å². The number of hydrogen-bond acceptors (Lipinski definition) is 3. The lowest BCUT2D eigenvalue weighted by molar-refractivity contribution is 0.253. The molecule has 0 spiro atoms. The summed E-state index contributed by atoms with van der Waals surface area (Å²) in [6, 6.07) is 0. The van der Waals surface area contributed by atoms with E-state index in [-0.39, 0.29) is 11.3 Å². The van der Waals surface area contributed by atoms with Crippen molar-refractivity contribution >= 4 is 0 Å². The molecule has 3 heteroatoms. The molecule has 0 aromatic rings. The van der Waals surface area contributed by atoms with E-state index in [0.29, 0.717) is 0 Å². The zero-order valence-electron chi connectivity index (χ0n) is 7.61. The Morgan fingerprint density at radius 3 is 2.36 bits per heavy atom. The molecule has 0 aromatic carbocycles. The Morgan fingerprint density at radius 1 is 1.55 bits per heavy atom. The Bertz CT molecular complexity index is 136. The van der Waals surface area contributed by atoms with Crippen LogP contribution >= 0.6 is 0 Å². The fourth-order valence-corrected chi connectivity index (χ4v) is 1.02. The second-order valence-corrected chi connectivity index (χ2v) is 4.04. The highest BCUT2D eigenvalue weighted by Gasteiger charge is 2.43. The molecule has 1 fully saturated rings. The molecule has 11 heavy (non-hydrogen) atoms. The molecular formula is C8H18N2O. The van der Waals surface area contributed by atoms with Crippen LogP contribution in [0.2, 0.25) is 0 Å². The van der Waals surface area contributed by atoms with Crippen molar-refractivity contribution in [3.05, 3.63) is 0 Å². The van der Waals surface area contributed by atoms with Crippen LogP contribution in [0.3, 0.4) is 0 Å². The standard InChI is InChI=1S/C8H18N2O/c1-4-8(10-11-8)6-5-7(2,3)9/h10H,4-6,9H2,1-3H3. The van der Waals surface area contributed by atoms with Crippen LogP contribution < -0.4 is 11.2 Å². The summed E-state index contributed by atoms with van der Waals surface area (Å²) >= 11 is 0. The van der Waals surface area contributed by atoms with Crippen LogP contribution in [-0.4, -0.2) is 11.3 Å². The highest BCUT2D eigenvalue weighted by Crippen LogP contribution is 2.30. The highest BCUT2D eigenvalue weighted by atomic mass is 16.8. The Balaban J connectivity index is 2.22. The maximum atomic E-state index is 5.84. The first-order chi connectivity index (χ1) is 4.97. The number of rotatable bonds is 4. The molecule has 1 atom stereocenters. The van der Waals surface area contributed by atoms with Gasteiger partial charge in [-0.2, -0.15) is 5.48 Å². The molecule has 1 aliphatic heterocycles. The molecular weight excluding hydrogens is 140 g/mol. The lowest BCUT2D eigenvalue weighted by Gasteiger charge is -2.19. The molecule has 3 N–H and O–H groups in total. The van der Waals surface area contributed by atoms with Gasteiger partial charge in [0.25, 0.3) is 0 Å². The third-order valence-corrected chi connectivity index (χ3v) is 2.14. The van der Waals surface area contributed by atoms with Gasteiger partial charge in [0.05, 0.1) is 0 Å². The van der Waals surface area contributed by atoms with E-state index in [4.69, 9.17) is 10.6 Å². The van der Waals surface area contributed by atoms with Gasteiger partial charge in [-0.25, -0.2) is 0 Å². The van der Waals surface area contributed by atoms with Crippen molar-refractivity contribution < 1.29 is 4.84 Å². The van der Waals surface area contributed by atoms with Gasteiger partial charge < -0.3 is 5.73 Å². The minimum absolute atomic E-state index is 0.0311. The minimum atomic E-state index is -0.0736. The maximum Gasteiger partial charge on any atom is 0.161 e. The van der Waals surface area contributed by atoms with Crippen molar-refractivity contribution in [2.45, 2.75) is 51.3 Å². The summed E-state index contributed by atoms with van der Waals surface area (Å²) in [4.78, 5) is 5.14. The Hall–Kier alpha value is -0.120. The van der Waals surface area contributed by atoms with E-state index in [1.54, 1.807) is 0 Å². The maximum absolute atomic E-state index is 5.84. The van der Waals surface area contributed by atoms with Gasteiger partial charge >= 0.3 is 0 Å². The molecule has 1 rings (SSSR count). The summed E-state index contributed by atoms with van der Waals surface area (Å²) in [5, 5.41) is 0. The van der Waals surface area contributed by atoms with Gasteiger partial charge in [-0.3, -0.25) is 4.84 Å². The van der Waals surface area contributed by atoms with Gasteiger partial charge in [0.1, 0.15) is 0 Å². The Labute approximate surface area is 68.2 Å². The predicted octanol–water partition coefficient (Wildman–Crippen LogP) is 1.14. The number of nitrogens with two attached hydrogens (primary N) is 1. The molecule has 0 aromatic heterocycles. The van der Waals surface area contributed by atoms with Crippen LogP contribution in [0.4, 0.5) is 0 Å². The molecule has 0 amide bonds. The summed E-state index contributed by atoms with van der Waals surface area (Å²) in [5.74, 6) is 0. The average Bonchev–Trinajstić information content (AvgIpc) is 2.63. The Kier molecular flexibility index (Phi) is 2.23. The normalized spacial score (nSPS) is 30.5. The lowest BCUT2D eigenvalue weighted by Crippen LogP contribution is -2.33. The molecule has 66 valence electrons. The van der Waals surface area contributed by atoms with E-state index in [9.17, 15) is 0 Å². The minimum Gasteiger partial charge on any atom is -0.326 e. The first kappa shape index (κ1) is 8.97. The molecule has 0 radical (unpaired) electrons. The SMILES string of the molecule is CCC1(CCC(C)(C)N)NO1. The van der Waals surface area contributed by atoms with Gasteiger partial charge in [-0.1, -0.05) is 6.92 Å². The molecule has 1 aliphatic rings. The van der Waals surface area contributed by atoms with Crippen molar-refractivity contribution in [2.24, 2.45) is 5.73 Å². The highest BCUT2D eigenvalue weighted by molar-refractivity contribution is 4.85. The van der Waals surface area contributed by atoms with E-state index in [2.05, 4.69) is 12.4 Å². The van der Waals surface area contributed by atoms with Crippen LogP contribution in [-0.2, 0) is 4.84 Å². The van der Waals surface area contributed by atoms with Crippen molar-refractivity contribution in [1.82, 2.24) is 5.48 Å². The smallest absolute Gasteiger partial charge is 0.161 e. The van der Waals surface area contributed by atoms with Crippen molar-refractivity contribution in [1.29, 1.82) is 0 Å². The van der Waals surface area contributed by atoms with Crippen LogP contribution in [0, 0.1) is 0 Å². The van der Waals surface area contributed by atoms with Crippen molar-refractivity contribution in [3.8, 4) is 0 Å². The largest absolute Gasteiger partial charge is 0.326 e. The first-order valence-corrected chi connectivity index (χ1v) is 4.21. The lowest BCUT2D eigenvalue weighted by atomic mass is 9.95. The monoisotopic (exact) mass is 158 g/mol. The Morgan fingerprint density at radius 2 is 2.09 bits per heavy atom. The molecule has 3 nitrogen and oxygen atoms in total. The predicted molar refractivity (Wildman–Crippen MR) is 44.7 cm³/mol. The van der Waals surface area contributed by atoms with E-state index in [0.717, 1.165) is 19.3 Å². The molecule has 1 heterocycles. The first-order valence-electron chi connectivity index (χ1n) is 4.21. The fraction of sp³-hybridized carbons (Fsp3) is 1.00. The zero-order chi connectivity index (χ0) is 8.54. The van der Waals surface area contributed by atoms with E-state index >= 15 is 0 Å². The van der Waals surface area contributed by atoms with Crippen LogP contribution in [0.5, 0.6) is 0 Å². The number of nitrogens with one attached hydrogen (secondary N) is 1. The second kappa shape index (κ2) is 2.73. The average molecular weight is 158 g/mol. The molecule has 1 saturated heterocycles. The zero-order valence-corrected chi connectivity index (χ0v) is 7.61. The van der Waals surface area contributed by atoms with Gasteiger partial charge in [-0.05, 0) is 33.1 Å². The van der Waals surface area contributed by atoms with Crippen LogP contribution in [0.15, 0.2) is 0 Å². The van der Waals surface area contributed by atoms with Gasteiger partial charge in [0.2, 0.25) is 0 Å². The number of hydroxylamine groups is 1. The van der Waals surface area contributed by atoms with E-state index in [1.165, 1.54) is 0 Å². The molecule has 1 unspecified atom stereocenters. The molecule has 0 bridgehead atoms. The molecule has 0 saturated carbocycles. The van der Waals surface area contributed by atoms with Gasteiger partial charge in [0.15, 0.2) is 5.72 Å². The summed E-state index contributed by atoms with van der Waals surface area (Å²) in [7, 11) is 0. The third-order valence-electron chi connectivity index (χ3n) is 2.14.